The second-order valence-electron chi connectivity index (χ2n) is 11.3. The molecule has 6 rings (SSSR count). The van der Waals surface area contributed by atoms with Crippen molar-refractivity contribution in [1.29, 1.82) is 0 Å². The van der Waals surface area contributed by atoms with E-state index in [0.717, 1.165) is 50.5 Å². The summed E-state index contributed by atoms with van der Waals surface area (Å²) in [6.07, 6.45) is 13.4. The fourth-order valence-electron chi connectivity index (χ4n) is 6.30. The molecule has 3 heterocycles. The summed E-state index contributed by atoms with van der Waals surface area (Å²) in [6, 6.07) is 7.64. The van der Waals surface area contributed by atoms with Gasteiger partial charge in [-0.2, -0.15) is 0 Å². The Kier molecular flexibility index (Phi) is 8.36. The number of anilines is 2. The molecule has 224 valence electrons. The average Bonchev–Trinajstić information content (AvgIpc) is 3.24. The van der Waals surface area contributed by atoms with E-state index in [0.29, 0.717) is 37.6 Å². The Bertz CT molecular complexity index is 1720. The topological polar surface area (TPSA) is 69.0 Å². The van der Waals surface area contributed by atoms with Crippen LogP contribution in [0, 0.1) is 11.6 Å². The van der Waals surface area contributed by atoms with Crippen molar-refractivity contribution in [3.05, 3.63) is 98.8 Å². The maximum absolute atomic E-state index is 15.8. The summed E-state index contributed by atoms with van der Waals surface area (Å²) in [5.41, 5.74) is 1.40. The first-order valence-corrected chi connectivity index (χ1v) is 15.0. The van der Waals surface area contributed by atoms with E-state index in [-0.39, 0.29) is 27.4 Å². The first-order chi connectivity index (χ1) is 20.8. The Hall–Kier alpha value is -3.95. The van der Waals surface area contributed by atoms with Gasteiger partial charge in [0.15, 0.2) is 0 Å². The molecule has 0 unspecified atom stereocenters. The zero-order chi connectivity index (χ0) is 30.1. The second kappa shape index (κ2) is 12.3. The van der Waals surface area contributed by atoms with Crippen molar-refractivity contribution in [2.75, 3.05) is 55.6 Å². The fourth-order valence-corrected chi connectivity index (χ4v) is 6.70. The number of allylic oxidation sites excluding steroid dienone is 5. The molecule has 3 aliphatic rings. The Morgan fingerprint density at radius 1 is 0.953 bits per heavy atom. The predicted octanol–water partition coefficient (Wildman–Crippen LogP) is 6.17. The highest BCUT2D eigenvalue weighted by Crippen LogP contribution is 2.38. The van der Waals surface area contributed by atoms with Gasteiger partial charge >= 0.3 is 5.97 Å². The number of carbonyl (C=O) groups is 1. The number of aromatic carboxylic acids is 1. The number of aromatic nitrogens is 1. The molecular formula is C33H33ClF2N4O3. The van der Waals surface area contributed by atoms with Gasteiger partial charge in [-0.3, -0.25) is 9.69 Å². The molecule has 3 aromatic rings. The van der Waals surface area contributed by atoms with Gasteiger partial charge < -0.3 is 19.5 Å². The molecular weight excluding hydrogens is 574 g/mol. The highest BCUT2D eigenvalue weighted by atomic mass is 35.5. The minimum absolute atomic E-state index is 0.0310. The van der Waals surface area contributed by atoms with E-state index in [1.807, 2.05) is 29.2 Å². The Morgan fingerprint density at radius 3 is 2.40 bits per heavy atom. The minimum Gasteiger partial charge on any atom is -0.477 e. The molecule has 0 amide bonds. The molecule has 1 aliphatic carbocycles. The number of nitrogens with zero attached hydrogens (tertiary/aromatic N) is 4. The third-order valence-electron chi connectivity index (χ3n) is 8.46. The van der Waals surface area contributed by atoms with Crippen LogP contribution in [0.2, 0.25) is 5.02 Å². The number of hydrogen-bond acceptors (Lipinski definition) is 5. The highest BCUT2D eigenvalue weighted by Gasteiger charge is 2.28. The lowest BCUT2D eigenvalue weighted by Gasteiger charge is -2.38. The summed E-state index contributed by atoms with van der Waals surface area (Å²) >= 11 is 6.98. The number of para-hydroxylation sites is 1. The molecule has 1 aromatic heterocycles. The quantitative estimate of drug-likeness (QED) is 0.362. The lowest BCUT2D eigenvalue weighted by atomic mass is 10.1. The molecule has 0 atom stereocenters. The largest absolute Gasteiger partial charge is 0.477 e. The molecule has 0 spiro atoms. The van der Waals surface area contributed by atoms with Crippen LogP contribution in [-0.4, -0.2) is 66.4 Å². The number of piperidine rings is 1. The molecule has 0 saturated carbocycles. The van der Waals surface area contributed by atoms with Crippen molar-refractivity contribution in [2.45, 2.75) is 25.7 Å². The van der Waals surface area contributed by atoms with Crippen LogP contribution in [0.3, 0.4) is 0 Å². The van der Waals surface area contributed by atoms with Gasteiger partial charge in [-0.1, -0.05) is 47.9 Å². The van der Waals surface area contributed by atoms with Crippen molar-refractivity contribution < 1.29 is 18.7 Å². The van der Waals surface area contributed by atoms with Gasteiger partial charge in [-0.05, 0) is 62.7 Å². The van der Waals surface area contributed by atoms with E-state index in [4.69, 9.17) is 11.6 Å². The summed E-state index contributed by atoms with van der Waals surface area (Å²) in [5.74, 6) is -2.42. The maximum atomic E-state index is 15.8. The normalized spacial score (nSPS) is 18.0. The number of pyridine rings is 1. The van der Waals surface area contributed by atoms with Crippen molar-refractivity contribution in [1.82, 2.24) is 9.47 Å². The SMILES string of the molecule is O=C(O)c1cn(C2=CC=CCC(CN3CCCCC3)=C2)c2c(Cl)c(N3CCN(c4ccccc4F)CC3)c(F)cc2c1=O. The third-order valence-corrected chi connectivity index (χ3v) is 8.82. The number of piperazine rings is 1. The van der Waals surface area contributed by atoms with Crippen LogP contribution in [0.5, 0.6) is 0 Å². The van der Waals surface area contributed by atoms with E-state index >= 15 is 4.39 Å². The summed E-state index contributed by atoms with van der Waals surface area (Å²) in [4.78, 5) is 31.5. The van der Waals surface area contributed by atoms with Gasteiger partial charge in [-0.25, -0.2) is 13.6 Å². The van der Waals surface area contributed by atoms with E-state index in [9.17, 15) is 19.1 Å². The first kappa shape index (κ1) is 29.1. The van der Waals surface area contributed by atoms with E-state index < -0.39 is 22.8 Å². The van der Waals surface area contributed by atoms with Crippen LogP contribution in [-0.2, 0) is 0 Å². The lowest BCUT2D eigenvalue weighted by Crippen LogP contribution is -2.47. The predicted molar refractivity (Wildman–Crippen MR) is 167 cm³/mol. The minimum atomic E-state index is -1.40. The van der Waals surface area contributed by atoms with Crippen LogP contribution < -0.4 is 15.2 Å². The zero-order valence-corrected chi connectivity index (χ0v) is 24.5. The molecule has 0 radical (unpaired) electrons. The van der Waals surface area contributed by atoms with Crippen molar-refractivity contribution in [2.24, 2.45) is 0 Å². The van der Waals surface area contributed by atoms with Crippen LogP contribution in [0.15, 0.2) is 71.2 Å². The first-order valence-electron chi connectivity index (χ1n) is 14.7. The molecule has 7 nitrogen and oxygen atoms in total. The van der Waals surface area contributed by atoms with Crippen molar-refractivity contribution in [3.63, 3.8) is 0 Å². The van der Waals surface area contributed by atoms with Gasteiger partial charge in [0.2, 0.25) is 5.43 Å². The monoisotopic (exact) mass is 606 g/mol. The molecule has 2 saturated heterocycles. The summed E-state index contributed by atoms with van der Waals surface area (Å²) in [7, 11) is 0. The molecule has 1 N–H and O–H groups in total. The number of hydrogen-bond donors (Lipinski definition) is 1. The molecule has 2 aromatic carbocycles. The van der Waals surface area contributed by atoms with E-state index in [1.165, 1.54) is 18.7 Å². The van der Waals surface area contributed by atoms with Crippen molar-refractivity contribution in [3.8, 4) is 0 Å². The van der Waals surface area contributed by atoms with Gasteiger partial charge in [0.1, 0.15) is 17.2 Å². The highest BCUT2D eigenvalue weighted by molar-refractivity contribution is 6.38. The molecule has 43 heavy (non-hydrogen) atoms. The van der Waals surface area contributed by atoms with Gasteiger partial charge in [-0.15, -0.1) is 0 Å². The number of carboxylic acid groups (broad SMARTS) is 1. The zero-order valence-electron chi connectivity index (χ0n) is 23.7. The van der Waals surface area contributed by atoms with Crippen LogP contribution in [0.4, 0.5) is 20.2 Å². The Balaban J connectivity index is 1.42. The number of fused-ring (bicyclic) bond motifs is 1. The molecule has 0 bridgehead atoms. The van der Waals surface area contributed by atoms with Gasteiger partial charge in [0.05, 0.1) is 27.3 Å². The molecule has 2 fully saturated rings. The van der Waals surface area contributed by atoms with E-state index in [2.05, 4.69) is 4.90 Å². The Labute approximate surface area is 253 Å². The number of benzene rings is 2. The average molecular weight is 607 g/mol. The van der Waals surface area contributed by atoms with Crippen LogP contribution >= 0.6 is 11.6 Å². The van der Waals surface area contributed by atoms with Gasteiger partial charge in [0.25, 0.3) is 0 Å². The number of carboxylic acids is 1. The third kappa shape index (κ3) is 5.84. The molecule has 10 heteroatoms. The van der Waals surface area contributed by atoms with Gasteiger partial charge in [0, 0.05) is 44.6 Å². The number of rotatable bonds is 6. The van der Waals surface area contributed by atoms with Crippen LogP contribution in [0.1, 0.15) is 36.0 Å². The fraction of sp³-hybridized carbons (Fsp3) is 0.333. The summed E-state index contributed by atoms with van der Waals surface area (Å²) in [5, 5.41) is 9.80. The Morgan fingerprint density at radius 2 is 1.67 bits per heavy atom. The standard InChI is InChI=1S/C33H33ClF2N4O3/c34-29-30-24(19-27(36)31(29)39-16-14-38(15-17-39)28-11-5-4-10-26(28)35)32(41)25(33(42)43)21-40(30)23-9-3-2-8-22(18-23)20-37-12-6-1-7-13-37/h2-5,9-11,18-19,21H,1,6-8,12-17,20H2,(H,42,43). The summed E-state index contributed by atoms with van der Waals surface area (Å²) < 4.78 is 31.8. The number of halogens is 3. The smallest absolute Gasteiger partial charge is 0.341 e. The second-order valence-corrected chi connectivity index (χ2v) is 11.6. The van der Waals surface area contributed by atoms with Crippen LogP contribution in [0.25, 0.3) is 16.6 Å². The van der Waals surface area contributed by atoms with Crippen molar-refractivity contribution >= 4 is 45.5 Å². The lowest BCUT2D eigenvalue weighted by molar-refractivity contribution is 0.0695. The van der Waals surface area contributed by atoms with E-state index in [1.54, 1.807) is 27.7 Å². The summed E-state index contributed by atoms with van der Waals surface area (Å²) in [6.45, 7) is 4.48. The molecule has 2 aliphatic heterocycles. The maximum Gasteiger partial charge on any atom is 0.341 e. The number of likely N-dealkylation sites (tertiary alicyclic amines) is 1.